The molecule has 0 aromatic heterocycles. The number of amides is 1. The molecule has 4 nitrogen and oxygen atoms in total. The van der Waals surface area contributed by atoms with Crippen LogP contribution in [-0.2, 0) is 11.2 Å². The molecule has 1 atom stereocenters. The smallest absolute Gasteiger partial charge is 0.254 e. The van der Waals surface area contributed by atoms with E-state index in [0.717, 1.165) is 11.1 Å². The topological polar surface area (TPSA) is 49.8 Å². The molecule has 1 heterocycles. The standard InChI is InChI=1S/C21H24FNO3/c1-15-6-7-16(11-20(15)22)10-18-4-2-3-5-19(18)21(25)23-8-9-26-14-17(12-23)13-24/h2-7,11,17,24H,8-10,12-14H2,1H3/t17-/m1/s1. The van der Waals surface area contributed by atoms with E-state index < -0.39 is 0 Å². The molecule has 0 unspecified atom stereocenters. The third-order valence-corrected chi connectivity index (χ3v) is 4.76. The lowest BCUT2D eigenvalue weighted by Crippen LogP contribution is -2.37. The highest BCUT2D eigenvalue weighted by Gasteiger charge is 2.24. The molecule has 0 spiro atoms. The first-order chi connectivity index (χ1) is 12.6. The number of benzene rings is 2. The predicted octanol–water partition coefficient (Wildman–Crippen LogP) is 2.81. The van der Waals surface area contributed by atoms with E-state index in [9.17, 15) is 14.3 Å². The summed E-state index contributed by atoms with van der Waals surface area (Å²) < 4.78 is 19.3. The van der Waals surface area contributed by atoms with Crippen molar-refractivity contribution in [2.75, 3.05) is 32.9 Å². The average molecular weight is 357 g/mol. The molecule has 0 aliphatic carbocycles. The molecule has 3 rings (SSSR count). The van der Waals surface area contributed by atoms with Crippen molar-refractivity contribution in [3.63, 3.8) is 0 Å². The van der Waals surface area contributed by atoms with Gasteiger partial charge in [0.2, 0.25) is 0 Å². The zero-order valence-corrected chi connectivity index (χ0v) is 15.0. The minimum atomic E-state index is -0.234. The molecule has 2 aromatic carbocycles. The molecule has 1 saturated heterocycles. The lowest BCUT2D eigenvalue weighted by Gasteiger charge is -2.24. The molecule has 1 N–H and O–H groups in total. The van der Waals surface area contributed by atoms with E-state index in [2.05, 4.69) is 0 Å². The first-order valence-electron chi connectivity index (χ1n) is 8.89. The number of carbonyl (C=O) groups is 1. The van der Waals surface area contributed by atoms with E-state index in [4.69, 9.17) is 4.74 Å². The van der Waals surface area contributed by atoms with Gasteiger partial charge in [-0.15, -0.1) is 0 Å². The minimum Gasteiger partial charge on any atom is -0.396 e. The quantitative estimate of drug-likeness (QED) is 0.915. The monoisotopic (exact) mass is 357 g/mol. The van der Waals surface area contributed by atoms with Gasteiger partial charge in [0.1, 0.15) is 5.82 Å². The van der Waals surface area contributed by atoms with Gasteiger partial charge in [0, 0.05) is 31.2 Å². The lowest BCUT2D eigenvalue weighted by molar-refractivity contribution is 0.0727. The fraction of sp³-hybridized carbons (Fsp3) is 0.381. The van der Waals surface area contributed by atoms with Crippen molar-refractivity contribution in [1.29, 1.82) is 0 Å². The first-order valence-corrected chi connectivity index (χ1v) is 8.89. The van der Waals surface area contributed by atoms with Crippen molar-refractivity contribution in [2.45, 2.75) is 13.3 Å². The number of carbonyl (C=O) groups excluding carboxylic acids is 1. The van der Waals surface area contributed by atoms with Gasteiger partial charge in [-0.25, -0.2) is 4.39 Å². The second kappa shape index (κ2) is 8.43. The van der Waals surface area contributed by atoms with Crippen LogP contribution >= 0.6 is 0 Å². The summed E-state index contributed by atoms with van der Waals surface area (Å²) >= 11 is 0. The average Bonchev–Trinajstić information content (AvgIpc) is 2.90. The number of rotatable bonds is 4. The van der Waals surface area contributed by atoms with Crippen molar-refractivity contribution >= 4 is 5.91 Å². The van der Waals surface area contributed by atoms with Crippen LogP contribution in [0.5, 0.6) is 0 Å². The van der Waals surface area contributed by atoms with Gasteiger partial charge in [-0.1, -0.05) is 30.3 Å². The van der Waals surface area contributed by atoms with Crippen molar-refractivity contribution in [3.05, 3.63) is 70.5 Å². The van der Waals surface area contributed by atoms with E-state index in [1.165, 1.54) is 6.07 Å². The largest absolute Gasteiger partial charge is 0.396 e. The molecule has 5 heteroatoms. The molecule has 0 saturated carbocycles. The highest BCUT2D eigenvalue weighted by atomic mass is 19.1. The summed E-state index contributed by atoms with van der Waals surface area (Å²) in [5.41, 5.74) is 2.93. The van der Waals surface area contributed by atoms with E-state index in [-0.39, 0.29) is 24.2 Å². The molecule has 1 amide bonds. The number of nitrogens with zero attached hydrogens (tertiary/aromatic N) is 1. The molecule has 2 aromatic rings. The van der Waals surface area contributed by atoms with Gasteiger partial charge in [-0.2, -0.15) is 0 Å². The maximum absolute atomic E-state index is 13.8. The molecule has 0 bridgehead atoms. The zero-order chi connectivity index (χ0) is 18.5. The minimum absolute atomic E-state index is 0.00588. The number of hydrogen-bond acceptors (Lipinski definition) is 3. The highest BCUT2D eigenvalue weighted by Crippen LogP contribution is 2.19. The highest BCUT2D eigenvalue weighted by molar-refractivity contribution is 5.95. The maximum atomic E-state index is 13.8. The molecule has 26 heavy (non-hydrogen) atoms. The Kier molecular flexibility index (Phi) is 6.01. The van der Waals surface area contributed by atoms with Crippen LogP contribution in [0.1, 0.15) is 27.0 Å². The van der Waals surface area contributed by atoms with Crippen LogP contribution in [0.4, 0.5) is 4.39 Å². The van der Waals surface area contributed by atoms with Gasteiger partial charge in [0.25, 0.3) is 5.91 Å². The fourth-order valence-corrected chi connectivity index (χ4v) is 3.19. The Morgan fingerprint density at radius 3 is 2.88 bits per heavy atom. The second-order valence-corrected chi connectivity index (χ2v) is 6.79. The van der Waals surface area contributed by atoms with Crippen molar-refractivity contribution < 1.29 is 19.0 Å². The molecular weight excluding hydrogens is 333 g/mol. The number of halogens is 1. The first kappa shape index (κ1) is 18.5. The molecule has 0 radical (unpaired) electrons. The van der Waals surface area contributed by atoms with Crippen LogP contribution in [0.2, 0.25) is 0 Å². The summed E-state index contributed by atoms with van der Waals surface area (Å²) in [6.45, 7) is 3.63. The molecular formula is C21H24FNO3. The summed E-state index contributed by atoms with van der Waals surface area (Å²) in [6.07, 6.45) is 0.493. The van der Waals surface area contributed by atoms with Gasteiger partial charge < -0.3 is 14.7 Å². The number of ether oxygens (including phenoxy) is 1. The normalized spacial score (nSPS) is 17.8. The van der Waals surface area contributed by atoms with Gasteiger partial charge in [-0.3, -0.25) is 4.79 Å². The lowest BCUT2D eigenvalue weighted by atomic mass is 9.98. The maximum Gasteiger partial charge on any atom is 0.254 e. The SMILES string of the molecule is Cc1ccc(Cc2ccccc2C(=O)N2CCOC[C@@H](CO)C2)cc1F. The molecule has 138 valence electrons. The second-order valence-electron chi connectivity index (χ2n) is 6.79. The Morgan fingerprint density at radius 1 is 1.31 bits per heavy atom. The van der Waals surface area contributed by atoms with Crippen LogP contribution in [0.25, 0.3) is 0 Å². The molecule has 1 aliphatic heterocycles. The summed E-state index contributed by atoms with van der Waals surface area (Å²) in [6, 6.07) is 12.6. The van der Waals surface area contributed by atoms with E-state index in [0.29, 0.717) is 43.9 Å². The predicted molar refractivity (Wildman–Crippen MR) is 97.7 cm³/mol. The van der Waals surface area contributed by atoms with Crippen LogP contribution in [0, 0.1) is 18.7 Å². The number of aliphatic hydroxyl groups excluding tert-OH is 1. The van der Waals surface area contributed by atoms with Crippen molar-refractivity contribution in [1.82, 2.24) is 4.90 Å². The third kappa shape index (κ3) is 4.29. The van der Waals surface area contributed by atoms with Crippen LogP contribution in [-0.4, -0.2) is 48.8 Å². The summed E-state index contributed by atoms with van der Waals surface area (Å²) in [7, 11) is 0. The Balaban J connectivity index is 1.83. The van der Waals surface area contributed by atoms with Crippen LogP contribution < -0.4 is 0 Å². The van der Waals surface area contributed by atoms with Gasteiger partial charge in [-0.05, 0) is 42.2 Å². The fourth-order valence-electron chi connectivity index (χ4n) is 3.19. The van der Waals surface area contributed by atoms with E-state index >= 15 is 0 Å². The third-order valence-electron chi connectivity index (χ3n) is 4.76. The number of aryl methyl sites for hydroxylation is 1. The summed E-state index contributed by atoms with van der Waals surface area (Å²) in [5.74, 6) is -0.376. The number of aliphatic hydroxyl groups is 1. The molecule has 1 aliphatic rings. The van der Waals surface area contributed by atoms with E-state index in [1.54, 1.807) is 17.9 Å². The Hall–Kier alpha value is -2.24. The van der Waals surface area contributed by atoms with Crippen molar-refractivity contribution in [2.24, 2.45) is 5.92 Å². The van der Waals surface area contributed by atoms with Crippen LogP contribution in [0.3, 0.4) is 0 Å². The van der Waals surface area contributed by atoms with Gasteiger partial charge in [0.05, 0.1) is 13.2 Å². The molecule has 1 fully saturated rings. The Labute approximate surface area is 153 Å². The number of hydrogen-bond donors (Lipinski definition) is 1. The van der Waals surface area contributed by atoms with Gasteiger partial charge in [0.15, 0.2) is 0 Å². The summed E-state index contributed by atoms with van der Waals surface area (Å²) in [4.78, 5) is 14.8. The van der Waals surface area contributed by atoms with E-state index in [1.807, 2.05) is 30.3 Å². The summed E-state index contributed by atoms with van der Waals surface area (Å²) in [5, 5.41) is 9.43. The van der Waals surface area contributed by atoms with Crippen LogP contribution in [0.15, 0.2) is 42.5 Å². The Morgan fingerprint density at radius 2 is 2.12 bits per heavy atom. The Bertz CT molecular complexity index is 778. The van der Waals surface area contributed by atoms with Crippen molar-refractivity contribution in [3.8, 4) is 0 Å². The van der Waals surface area contributed by atoms with Gasteiger partial charge >= 0.3 is 0 Å². The zero-order valence-electron chi connectivity index (χ0n) is 15.0.